The Morgan fingerprint density at radius 3 is 2.88 bits per heavy atom. The molecule has 2 aromatic rings. The fourth-order valence-electron chi connectivity index (χ4n) is 2.68. The molecule has 0 atom stereocenters. The first kappa shape index (κ1) is 11.1. The van der Waals surface area contributed by atoms with Crippen molar-refractivity contribution in [2.24, 2.45) is 0 Å². The number of aromatic nitrogens is 2. The molecule has 0 amide bonds. The van der Waals surface area contributed by atoms with E-state index < -0.39 is 0 Å². The highest BCUT2D eigenvalue weighted by Crippen LogP contribution is 2.38. The molecule has 4 heteroatoms. The van der Waals surface area contributed by atoms with E-state index in [-0.39, 0.29) is 0 Å². The molecule has 0 radical (unpaired) electrons. The molecule has 17 heavy (non-hydrogen) atoms. The fraction of sp³-hybridized carbons (Fsp3) is 0.462. The summed E-state index contributed by atoms with van der Waals surface area (Å²) in [6.45, 7) is 0. The van der Waals surface area contributed by atoms with Crippen molar-refractivity contribution in [1.82, 2.24) is 10.2 Å². The van der Waals surface area contributed by atoms with E-state index in [1.165, 1.54) is 36.9 Å². The quantitative estimate of drug-likeness (QED) is 0.861. The van der Waals surface area contributed by atoms with Crippen molar-refractivity contribution in [3.05, 3.63) is 29.7 Å². The molecule has 0 unspecified atom stereocenters. The van der Waals surface area contributed by atoms with E-state index >= 15 is 0 Å². The van der Waals surface area contributed by atoms with Gasteiger partial charge in [0.2, 0.25) is 0 Å². The number of halogens is 1. The van der Waals surface area contributed by atoms with Crippen LogP contribution in [0.25, 0.3) is 11.5 Å². The molecule has 1 saturated carbocycles. The molecule has 3 rings (SSSR count). The van der Waals surface area contributed by atoms with E-state index in [1.807, 2.05) is 12.1 Å². The minimum absolute atomic E-state index is 0.652. The van der Waals surface area contributed by atoms with Gasteiger partial charge in [0.15, 0.2) is 5.76 Å². The largest absolute Gasteiger partial charge is 0.463 e. The lowest BCUT2D eigenvalue weighted by molar-refractivity contribution is 0.579. The third-order valence-electron chi connectivity index (χ3n) is 3.55. The predicted molar refractivity (Wildman–Crippen MR) is 70.1 cm³/mol. The minimum Gasteiger partial charge on any atom is -0.463 e. The molecule has 0 saturated heterocycles. The smallest absolute Gasteiger partial charge is 0.154 e. The maximum atomic E-state index is 5.43. The summed E-state index contributed by atoms with van der Waals surface area (Å²) in [5, 5.41) is 8.47. The summed E-state index contributed by atoms with van der Waals surface area (Å²) in [4.78, 5) is 0. The zero-order chi connectivity index (χ0) is 11.7. The van der Waals surface area contributed by atoms with Gasteiger partial charge in [0.25, 0.3) is 0 Å². The lowest BCUT2D eigenvalue weighted by Crippen LogP contribution is -1.96. The van der Waals surface area contributed by atoms with Crippen molar-refractivity contribution in [3.8, 4) is 11.5 Å². The van der Waals surface area contributed by atoms with Gasteiger partial charge in [-0.05, 0) is 25.0 Å². The predicted octanol–water partition coefficient (Wildman–Crippen LogP) is 4.22. The second-order valence-corrected chi connectivity index (χ2v) is 5.12. The topological polar surface area (TPSA) is 41.8 Å². The molecule has 3 nitrogen and oxygen atoms in total. The number of H-pyrrole nitrogens is 1. The van der Waals surface area contributed by atoms with Crippen LogP contribution in [-0.4, -0.2) is 10.2 Å². The zero-order valence-corrected chi connectivity index (χ0v) is 11.2. The Hall–Kier alpha value is -1.03. The minimum atomic E-state index is 0.652. The van der Waals surface area contributed by atoms with Crippen LogP contribution in [0.1, 0.15) is 42.9 Å². The number of aromatic amines is 1. The molecule has 1 aliphatic rings. The van der Waals surface area contributed by atoms with E-state index in [2.05, 4.69) is 26.1 Å². The third-order valence-corrected chi connectivity index (χ3v) is 4.11. The van der Waals surface area contributed by atoms with Crippen LogP contribution >= 0.6 is 15.9 Å². The van der Waals surface area contributed by atoms with Gasteiger partial charge >= 0.3 is 0 Å². The second-order valence-electron chi connectivity index (χ2n) is 4.56. The molecule has 0 aliphatic heterocycles. The van der Waals surface area contributed by atoms with E-state index in [0.29, 0.717) is 5.92 Å². The molecule has 0 aromatic carbocycles. The molecule has 90 valence electrons. The van der Waals surface area contributed by atoms with Crippen LogP contribution in [0.5, 0.6) is 0 Å². The molecule has 2 aromatic heterocycles. The van der Waals surface area contributed by atoms with E-state index in [0.717, 1.165) is 16.8 Å². The summed E-state index contributed by atoms with van der Waals surface area (Å²) in [6.07, 6.45) is 6.92. The van der Waals surface area contributed by atoms with Gasteiger partial charge in [-0.2, -0.15) is 5.10 Å². The zero-order valence-electron chi connectivity index (χ0n) is 9.58. The Labute approximate surface area is 109 Å². The summed E-state index contributed by atoms with van der Waals surface area (Å²) in [7, 11) is 0. The number of hydrogen-bond acceptors (Lipinski definition) is 2. The van der Waals surface area contributed by atoms with Gasteiger partial charge in [-0.15, -0.1) is 0 Å². The molecule has 1 N–H and O–H groups in total. The van der Waals surface area contributed by atoms with Crippen molar-refractivity contribution in [1.29, 1.82) is 0 Å². The summed E-state index contributed by atoms with van der Waals surface area (Å²) in [5.41, 5.74) is 3.51. The van der Waals surface area contributed by atoms with Crippen LogP contribution in [-0.2, 0) is 5.33 Å². The van der Waals surface area contributed by atoms with Crippen LogP contribution in [0.2, 0.25) is 0 Å². The lowest BCUT2D eigenvalue weighted by atomic mass is 9.99. The van der Waals surface area contributed by atoms with Crippen molar-refractivity contribution in [2.75, 3.05) is 0 Å². The highest BCUT2D eigenvalue weighted by Gasteiger charge is 2.24. The summed E-state index contributed by atoms with van der Waals surface area (Å²) < 4.78 is 5.43. The van der Waals surface area contributed by atoms with Gasteiger partial charge in [0.05, 0.1) is 6.26 Å². The number of nitrogens with zero attached hydrogens (tertiary/aromatic N) is 1. The first-order chi connectivity index (χ1) is 8.40. The van der Waals surface area contributed by atoms with Crippen LogP contribution in [0.4, 0.5) is 0 Å². The van der Waals surface area contributed by atoms with Crippen LogP contribution in [0.3, 0.4) is 0 Å². The molecule has 2 heterocycles. The third kappa shape index (κ3) is 1.95. The first-order valence-electron chi connectivity index (χ1n) is 6.07. The van der Waals surface area contributed by atoms with Crippen molar-refractivity contribution < 1.29 is 4.42 Å². The summed E-state index contributed by atoms with van der Waals surface area (Å²) in [5.74, 6) is 1.50. The Bertz CT molecular complexity index is 483. The average molecular weight is 295 g/mol. The van der Waals surface area contributed by atoms with Gasteiger partial charge in [-0.1, -0.05) is 28.8 Å². The molecule has 0 spiro atoms. The van der Waals surface area contributed by atoms with Crippen molar-refractivity contribution >= 4 is 15.9 Å². The Morgan fingerprint density at radius 2 is 2.24 bits per heavy atom. The maximum Gasteiger partial charge on any atom is 0.154 e. The van der Waals surface area contributed by atoms with Gasteiger partial charge in [0.1, 0.15) is 5.69 Å². The van der Waals surface area contributed by atoms with Crippen molar-refractivity contribution in [3.63, 3.8) is 0 Å². The summed E-state index contributed by atoms with van der Waals surface area (Å²) in [6, 6.07) is 3.86. The van der Waals surface area contributed by atoms with Gasteiger partial charge in [0, 0.05) is 22.5 Å². The summed E-state index contributed by atoms with van der Waals surface area (Å²) >= 11 is 3.57. The first-order valence-corrected chi connectivity index (χ1v) is 7.19. The molecular weight excluding hydrogens is 280 g/mol. The standard InChI is InChI=1S/C13H15BrN2O/c14-8-10-12(9-4-1-2-5-9)15-16-13(10)11-6-3-7-17-11/h3,6-7,9H,1-2,4-5,8H2,(H,15,16). The fourth-order valence-corrected chi connectivity index (χ4v) is 3.25. The maximum absolute atomic E-state index is 5.43. The highest BCUT2D eigenvalue weighted by atomic mass is 79.9. The van der Waals surface area contributed by atoms with Gasteiger partial charge < -0.3 is 4.42 Å². The lowest BCUT2D eigenvalue weighted by Gasteiger charge is -2.08. The van der Waals surface area contributed by atoms with E-state index in [4.69, 9.17) is 4.42 Å². The number of rotatable bonds is 3. The van der Waals surface area contributed by atoms with Crippen LogP contribution in [0, 0.1) is 0 Å². The Kier molecular flexibility index (Phi) is 3.05. The second kappa shape index (κ2) is 4.69. The number of alkyl halides is 1. The monoisotopic (exact) mass is 294 g/mol. The number of nitrogens with one attached hydrogen (secondary N) is 1. The van der Waals surface area contributed by atoms with Crippen molar-refractivity contribution in [2.45, 2.75) is 36.9 Å². The van der Waals surface area contributed by atoms with Crippen LogP contribution < -0.4 is 0 Å². The number of furan rings is 1. The number of hydrogen-bond donors (Lipinski definition) is 1. The molecule has 1 aliphatic carbocycles. The molecular formula is C13H15BrN2O. The van der Waals surface area contributed by atoms with Crippen LogP contribution in [0.15, 0.2) is 22.8 Å². The normalized spacial score (nSPS) is 16.8. The van der Waals surface area contributed by atoms with E-state index in [1.54, 1.807) is 6.26 Å². The molecule has 0 bridgehead atoms. The Morgan fingerprint density at radius 1 is 1.41 bits per heavy atom. The average Bonchev–Trinajstić information content (AvgIpc) is 3.09. The highest BCUT2D eigenvalue weighted by molar-refractivity contribution is 9.08. The van der Waals surface area contributed by atoms with Gasteiger partial charge in [-0.25, -0.2) is 0 Å². The van der Waals surface area contributed by atoms with E-state index in [9.17, 15) is 0 Å². The molecule has 1 fully saturated rings. The van der Waals surface area contributed by atoms with Gasteiger partial charge in [-0.3, -0.25) is 5.10 Å². The Balaban J connectivity index is 2.00. The SMILES string of the molecule is BrCc1c(-c2ccco2)n[nH]c1C1CCCC1.